The Morgan fingerprint density at radius 2 is 1.56 bits per heavy atom. The summed E-state index contributed by atoms with van der Waals surface area (Å²) in [6, 6.07) is 3.18. The number of hydrogen-bond donors (Lipinski definition) is 0. The van der Waals surface area contributed by atoms with Crippen LogP contribution >= 0.6 is 0 Å². The van der Waals surface area contributed by atoms with Crippen molar-refractivity contribution in [3.05, 3.63) is 28.1 Å². The van der Waals surface area contributed by atoms with Crippen LogP contribution < -0.4 is 9.47 Å². The van der Waals surface area contributed by atoms with Gasteiger partial charge in [-0.15, -0.1) is 0 Å². The summed E-state index contributed by atoms with van der Waals surface area (Å²) in [7, 11) is 0. The molecule has 1 rings (SSSR count). The second-order valence-corrected chi connectivity index (χ2v) is 5.98. The first-order valence-corrected chi connectivity index (χ1v) is 9.20. The molecular formula is C19H29N3O3. The molecule has 0 amide bonds. The van der Waals surface area contributed by atoms with Crippen molar-refractivity contribution in [1.29, 1.82) is 0 Å². The number of unbranched alkanes of at least 4 members (excludes halogenated alkanes) is 6. The number of rotatable bonds is 14. The van der Waals surface area contributed by atoms with Gasteiger partial charge in [-0.3, -0.25) is 4.79 Å². The van der Waals surface area contributed by atoms with Gasteiger partial charge in [0, 0.05) is 4.91 Å². The van der Waals surface area contributed by atoms with E-state index in [2.05, 4.69) is 23.9 Å². The summed E-state index contributed by atoms with van der Waals surface area (Å²) in [5, 5.41) is 3.68. The maximum Gasteiger partial charge on any atom is 0.153 e. The van der Waals surface area contributed by atoms with Crippen molar-refractivity contribution >= 4 is 12.0 Å². The van der Waals surface area contributed by atoms with Crippen LogP contribution in [0.25, 0.3) is 10.4 Å². The Labute approximate surface area is 150 Å². The third-order valence-corrected chi connectivity index (χ3v) is 3.88. The van der Waals surface area contributed by atoms with E-state index < -0.39 is 0 Å². The lowest BCUT2D eigenvalue weighted by Gasteiger charge is -2.13. The van der Waals surface area contributed by atoms with Crippen LogP contribution in [0.2, 0.25) is 0 Å². The largest absolute Gasteiger partial charge is 0.493 e. The molecular weight excluding hydrogens is 318 g/mol. The lowest BCUT2D eigenvalue weighted by atomic mass is 10.1. The van der Waals surface area contributed by atoms with Gasteiger partial charge in [0.15, 0.2) is 6.29 Å². The highest BCUT2D eigenvalue weighted by Gasteiger charge is 2.11. The van der Waals surface area contributed by atoms with Gasteiger partial charge < -0.3 is 9.47 Å². The fraction of sp³-hybridized carbons (Fsp3) is 0.632. The lowest BCUT2D eigenvalue weighted by molar-refractivity contribution is 0.111. The number of nitrogens with zero attached hydrogens (tertiary/aromatic N) is 3. The van der Waals surface area contributed by atoms with Crippen LogP contribution in [0, 0.1) is 0 Å². The minimum atomic E-state index is 0.354. The van der Waals surface area contributed by atoms with Crippen molar-refractivity contribution < 1.29 is 14.3 Å². The number of benzene rings is 1. The molecule has 6 heteroatoms. The number of carbonyl (C=O) groups is 1. The molecule has 0 unspecified atom stereocenters. The quantitative estimate of drug-likeness (QED) is 0.129. The molecule has 1 aromatic rings. The van der Waals surface area contributed by atoms with Crippen LogP contribution in [-0.2, 0) is 0 Å². The van der Waals surface area contributed by atoms with E-state index in [0.29, 0.717) is 36.0 Å². The van der Waals surface area contributed by atoms with Gasteiger partial charge in [0.25, 0.3) is 0 Å². The van der Waals surface area contributed by atoms with Crippen molar-refractivity contribution in [2.75, 3.05) is 13.2 Å². The summed E-state index contributed by atoms with van der Waals surface area (Å²) in [6.45, 7) is 5.37. The molecule has 0 aliphatic heterocycles. The van der Waals surface area contributed by atoms with Gasteiger partial charge in [-0.1, -0.05) is 57.5 Å². The van der Waals surface area contributed by atoms with Crippen LogP contribution in [0.4, 0.5) is 5.69 Å². The highest BCUT2D eigenvalue weighted by molar-refractivity contribution is 5.82. The van der Waals surface area contributed by atoms with E-state index in [9.17, 15) is 4.79 Å². The fourth-order valence-electron chi connectivity index (χ4n) is 2.45. The van der Waals surface area contributed by atoms with E-state index in [-0.39, 0.29) is 0 Å². The molecule has 0 saturated heterocycles. The van der Waals surface area contributed by atoms with E-state index in [4.69, 9.17) is 15.0 Å². The maximum atomic E-state index is 11.4. The lowest BCUT2D eigenvalue weighted by Crippen LogP contribution is -2.02. The summed E-state index contributed by atoms with van der Waals surface area (Å²) in [5.41, 5.74) is 9.54. The van der Waals surface area contributed by atoms with Gasteiger partial charge in [-0.05, 0) is 30.5 Å². The van der Waals surface area contributed by atoms with Crippen LogP contribution in [0.15, 0.2) is 17.2 Å². The second kappa shape index (κ2) is 13.1. The Kier molecular flexibility index (Phi) is 10.9. The van der Waals surface area contributed by atoms with Gasteiger partial charge in [0.2, 0.25) is 0 Å². The van der Waals surface area contributed by atoms with E-state index >= 15 is 0 Å². The molecule has 0 heterocycles. The topological polar surface area (TPSA) is 84.3 Å². The molecule has 0 atom stereocenters. The predicted molar refractivity (Wildman–Crippen MR) is 99.9 cm³/mol. The van der Waals surface area contributed by atoms with Gasteiger partial charge in [0.05, 0.1) is 24.5 Å². The average Bonchev–Trinajstić information content (AvgIpc) is 2.62. The first-order valence-electron chi connectivity index (χ1n) is 9.20. The fourth-order valence-corrected chi connectivity index (χ4v) is 2.45. The van der Waals surface area contributed by atoms with E-state index in [1.807, 2.05) is 0 Å². The predicted octanol–water partition coefficient (Wildman–Crippen LogP) is 6.36. The molecule has 0 aliphatic rings. The number of ether oxygens (including phenoxy) is 2. The Hall–Kier alpha value is -2.20. The van der Waals surface area contributed by atoms with Crippen LogP contribution in [0.5, 0.6) is 11.5 Å². The molecule has 6 nitrogen and oxygen atoms in total. The SMILES string of the molecule is CCCCCCOc1cc(N=[N+]=[N-])c(OCCCCCC)cc1C=O. The van der Waals surface area contributed by atoms with Gasteiger partial charge >= 0.3 is 0 Å². The first-order chi connectivity index (χ1) is 12.3. The van der Waals surface area contributed by atoms with Crippen LogP contribution in [-0.4, -0.2) is 19.5 Å². The zero-order valence-corrected chi connectivity index (χ0v) is 15.4. The Morgan fingerprint density at radius 1 is 0.960 bits per heavy atom. The molecule has 138 valence electrons. The third-order valence-electron chi connectivity index (χ3n) is 3.88. The molecule has 0 aromatic heterocycles. The Balaban J connectivity index is 2.77. The molecule has 0 spiro atoms. The Bertz CT molecular complexity index is 569. The number of hydrogen-bond acceptors (Lipinski definition) is 4. The van der Waals surface area contributed by atoms with Gasteiger partial charge in [-0.2, -0.15) is 0 Å². The van der Waals surface area contributed by atoms with E-state index in [0.717, 1.165) is 51.2 Å². The van der Waals surface area contributed by atoms with Crippen LogP contribution in [0.1, 0.15) is 75.6 Å². The highest BCUT2D eigenvalue weighted by Crippen LogP contribution is 2.35. The summed E-state index contributed by atoms with van der Waals surface area (Å²) in [4.78, 5) is 14.2. The van der Waals surface area contributed by atoms with E-state index in [1.165, 1.54) is 6.42 Å². The molecule has 0 N–H and O–H groups in total. The van der Waals surface area contributed by atoms with Crippen LogP contribution in [0.3, 0.4) is 0 Å². The van der Waals surface area contributed by atoms with E-state index in [1.54, 1.807) is 12.1 Å². The summed E-state index contributed by atoms with van der Waals surface area (Å²) >= 11 is 0. The number of azide groups is 1. The molecule has 0 fully saturated rings. The minimum Gasteiger partial charge on any atom is -0.493 e. The van der Waals surface area contributed by atoms with Crippen molar-refractivity contribution in [1.82, 2.24) is 0 Å². The van der Waals surface area contributed by atoms with Crippen molar-refractivity contribution in [2.45, 2.75) is 65.2 Å². The molecule has 0 radical (unpaired) electrons. The Morgan fingerprint density at radius 3 is 2.08 bits per heavy atom. The van der Waals surface area contributed by atoms with Crippen molar-refractivity contribution in [3.8, 4) is 11.5 Å². The normalized spacial score (nSPS) is 10.2. The smallest absolute Gasteiger partial charge is 0.153 e. The molecule has 0 bridgehead atoms. The minimum absolute atomic E-state index is 0.354. The molecule has 0 aliphatic carbocycles. The molecule has 1 aromatic carbocycles. The molecule has 25 heavy (non-hydrogen) atoms. The van der Waals surface area contributed by atoms with Gasteiger partial charge in [-0.25, -0.2) is 0 Å². The number of aldehydes is 1. The first kappa shape index (κ1) is 20.8. The van der Waals surface area contributed by atoms with Crippen molar-refractivity contribution in [3.63, 3.8) is 0 Å². The zero-order valence-electron chi connectivity index (χ0n) is 15.4. The highest BCUT2D eigenvalue weighted by atomic mass is 16.5. The second-order valence-electron chi connectivity index (χ2n) is 5.98. The average molecular weight is 347 g/mol. The zero-order chi connectivity index (χ0) is 18.3. The summed E-state index contributed by atoms with van der Waals surface area (Å²) in [5.74, 6) is 0.863. The molecule has 0 saturated carbocycles. The van der Waals surface area contributed by atoms with Gasteiger partial charge in [0.1, 0.15) is 11.5 Å². The third kappa shape index (κ3) is 7.94. The summed E-state index contributed by atoms with van der Waals surface area (Å²) in [6.07, 6.45) is 9.42. The summed E-state index contributed by atoms with van der Waals surface area (Å²) < 4.78 is 11.4. The standard InChI is InChI=1S/C19H29N3O3/c1-3-5-7-9-11-24-18-14-17(21-22-20)19(13-16(18)15-23)25-12-10-8-6-4-2/h13-15H,3-12H2,1-2H3. The van der Waals surface area contributed by atoms with Crippen molar-refractivity contribution in [2.24, 2.45) is 5.11 Å². The monoisotopic (exact) mass is 347 g/mol. The maximum absolute atomic E-state index is 11.4. The number of carbonyl (C=O) groups excluding carboxylic acids is 1.